The van der Waals surface area contributed by atoms with E-state index in [4.69, 9.17) is 4.74 Å². The zero-order valence-corrected chi connectivity index (χ0v) is 11.1. The largest absolute Gasteiger partial charge is 0.390 e. The molecule has 1 saturated carbocycles. The normalized spacial score (nSPS) is 43.1. The van der Waals surface area contributed by atoms with Gasteiger partial charge in [-0.1, -0.05) is 13.8 Å². The number of aliphatic hydroxyl groups excluding tert-OH is 1. The second kappa shape index (κ2) is 3.99. The van der Waals surface area contributed by atoms with E-state index in [9.17, 15) is 5.11 Å². The summed E-state index contributed by atoms with van der Waals surface area (Å²) in [6.07, 6.45) is 5.04. The molecule has 0 aromatic rings. The molecule has 2 fully saturated rings. The highest BCUT2D eigenvalue weighted by Gasteiger charge is 2.51. The maximum absolute atomic E-state index is 10.4. The molecule has 1 heterocycles. The summed E-state index contributed by atoms with van der Waals surface area (Å²) < 4.78 is 6.17. The fourth-order valence-corrected chi connectivity index (χ4v) is 3.40. The van der Waals surface area contributed by atoms with Crippen molar-refractivity contribution in [1.82, 2.24) is 0 Å². The zero-order valence-electron chi connectivity index (χ0n) is 11.1. The van der Waals surface area contributed by atoms with Gasteiger partial charge in [0, 0.05) is 0 Å². The summed E-state index contributed by atoms with van der Waals surface area (Å²) in [5.74, 6) is 1.36. The van der Waals surface area contributed by atoms with Crippen LogP contribution in [0.4, 0.5) is 0 Å². The van der Waals surface area contributed by atoms with Gasteiger partial charge in [-0.05, 0) is 57.8 Å². The third kappa shape index (κ3) is 2.14. The molecule has 0 aromatic heterocycles. The number of aliphatic hydroxyl groups is 1. The van der Waals surface area contributed by atoms with Crippen molar-refractivity contribution in [2.75, 3.05) is 0 Å². The van der Waals surface area contributed by atoms with Gasteiger partial charge in [-0.25, -0.2) is 0 Å². The van der Waals surface area contributed by atoms with Crippen LogP contribution < -0.4 is 0 Å². The van der Waals surface area contributed by atoms with Crippen LogP contribution in [0.1, 0.15) is 59.8 Å². The van der Waals surface area contributed by atoms with Gasteiger partial charge >= 0.3 is 0 Å². The van der Waals surface area contributed by atoms with Gasteiger partial charge in [0.05, 0.1) is 17.3 Å². The lowest BCUT2D eigenvalue weighted by atomic mass is 9.72. The smallest absolute Gasteiger partial charge is 0.0948 e. The molecule has 0 aromatic carbocycles. The van der Waals surface area contributed by atoms with Crippen LogP contribution in [-0.2, 0) is 4.74 Å². The van der Waals surface area contributed by atoms with Gasteiger partial charge < -0.3 is 9.84 Å². The molecule has 0 amide bonds. The Hall–Kier alpha value is -0.0800. The summed E-state index contributed by atoms with van der Waals surface area (Å²) in [5, 5.41) is 10.4. The van der Waals surface area contributed by atoms with E-state index in [0.717, 1.165) is 25.7 Å². The van der Waals surface area contributed by atoms with Crippen LogP contribution in [0.2, 0.25) is 0 Å². The molecule has 2 nitrogen and oxygen atoms in total. The molecule has 2 rings (SSSR count). The topological polar surface area (TPSA) is 29.5 Å². The van der Waals surface area contributed by atoms with E-state index in [1.807, 2.05) is 0 Å². The molecule has 1 aliphatic carbocycles. The first-order valence-corrected chi connectivity index (χ1v) is 6.73. The van der Waals surface area contributed by atoms with Crippen LogP contribution >= 0.6 is 0 Å². The van der Waals surface area contributed by atoms with E-state index in [2.05, 4.69) is 27.7 Å². The van der Waals surface area contributed by atoms with E-state index in [-0.39, 0.29) is 17.3 Å². The first kappa shape index (κ1) is 12.4. The van der Waals surface area contributed by atoms with E-state index >= 15 is 0 Å². The fraction of sp³-hybridized carbons (Fsp3) is 1.00. The first-order valence-electron chi connectivity index (χ1n) is 6.73. The Morgan fingerprint density at radius 3 is 2.31 bits per heavy atom. The average Bonchev–Trinajstić information content (AvgIpc) is 2.48. The summed E-state index contributed by atoms with van der Waals surface area (Å²) in [5.41, 5.74) is -0.249. The molecule has 1 aliphatic heterocycles. The highest BCUT2D eigenvalue weighted by Crippen LogP contribution is 2.48. The van der Waals surface area contributed by atoms with Crippen LogP contribution in [-0.4, -0.2) is 22.4 Å². The lowest BCUT2D eigenvalue weighted by Gasteiger charge is -2.43. The van der Waals surface area contributed by atoms with Crippen LogP contribution in [0, 0.1) is 11.8 Å². The van der Waals surface area contributed by atoms with Crippen LogP contribution in [0.25, 0.3) is 0 Å². The van der Waals surface area contributed by atoms with Crippen molar-refractivity contribution in [3.8, 4) is 0 Å². The van der Waals surface area contributed by atoms with Crippen molar-refractivity contribution in [1.29, 1.82) is 0 Å². The minimum absolute atomic E-state index is 0.0361. The monoisotopic (exact) mass is 226 g/mol. The van der Waals surface area contributed by atoms with Gasteiger partial charge in [-0.2, -0.15) is 0 Å². The van der Waals surface area contributed by atoms with Crippen LogP contribution in [0.15, 0.2) is 0 Å². The average molecular weight is 226 g/mol. The molecule has 3 unspecified atom stereocenters. The molecule has 3 atom stereocenters. The molecular formula is C14H26O2. The van der Waals surface area contributed by atoms with Crippen molar-refractivity contribution in [2.45, 2.75) is 77.1 Å². The van der Waals surface area contributed by atoms with E-state index in [1.54, 1.807) is 0 Å². The van der Waals surface area contributed by atoms with E-state index in [1.165, 1.54) is 6.42 Å². The number of ether oxygens (including phenoxy) is 1. The molecule has 1 spiro atoms. The molecular weight excluding hydrogens is 200 g/mol. The summed E-state index contributed by atoms with van der Waals surface area (Å²) in [4.78, 5) is 0. The quantitative estimate of drug-likeness (QED) is 0.744. The van der Waals surface area contributed by atoms with Gasteiger partial charge in [-0.3, -0.25) is 0 Å². The first-order chi connectivity index (χ1) is 7.35. The SMILES string of the molecule is CC(C)C1CCC2(CCC(C)(C)O2)C(O)C1. The standard InChI is InChI=1S/C14H26O2/c1-10(2)11-5-6-14(12(15)9-11)8-7-13(3,4)16-14/h10-12,15H,5-9H2,1-4H3. The highest BCUT2D eigenvalue weighted by molar-refractivity contribution is 5.01. The number of hydrogen-bond donors (Lipinski definition) is 1. The third-order valence-electron chi connectivity index (χ3n) is 4.64. The van der Waals surface area contributed by atoms with Crippen molar-refractivity contribution in [2.24, 2.45) is 11.8 Å². The number of rotatable bonds is 1. The molecule has 2 heteroatoms. The summed E-state index contributed by atoms with van der Waals surface area (Å²) in [7, 11) is 0. The third-order valence-corrected chi connectivity index (χ3v) is 4.64. The Bertz CT molecular complexity index is 259. The minimum Gasteiger partial charge on any atom is -0.390 e. The molecule has 16 heavy (non-hydrogen) atoms. The van der Waals surface area contributed by atoms with Gasteiger partial charge in [0.1, 0.15) is 0 Å². The van der Waals surface area contributed by atoms with Gasteiger partial charge in [0.25, 0.3) is 0 Å². The molecule has 2 aliphatic rings. The Morgan fingerprint density at radius 2 is 1.88 bits per heavy atom. The predicted octanol–water partition coefficient (Wildman–Crippen LogP) is 3.13. The Morgan fingerprint density at radius 1 is 1.19 bits per heavy atom. The predicted molar refractivity (Wildman–Crippen MR) is 65.3 cm³/mol. The summed E-state index contributed by atoms with van der Waals surface area (Å²) in [6, 6.07) is 0. The summed E-state index contributed by atoms with van der Waals surface area (Å²) >= 11 is 0. The van der Waals surface area contributed by atoms with Gasteiger partial charge in [0.2, 0.25) is 0 Å². The molecule has 94 valence electrons. The van der Waals surface area contributed by atoms with E-state index < -0.39 is 0 Å². The van der Waals surface area contributed by atoms with Crippen molar-refractivity contribution >= 4 is 0 Å². The summed E-state index contributed by atoms with van der Waals surface area (Å²) in [6.45, 7) is 8.80. The molecule has 1 N–H and O–H groups in total. The second-order valence-corrected chi connectivity index (χ2v) is 6.72. The molecule has 0 bridgehead atoms. The molecule has 1 saturated heterocycles. The Labute approximate surface area is 99.4 Å². The van der Waals surface area contributed by atoms with Crippen molar-refractivity contribution in [3.05, 3.63) is 0 Å². The van der Waals surface area contributed by atoms with Crippen LogP contribution in [0.3, 0.4) is 0 Å². The van der Waals surface area contributed by atoms with Crippen molar-refractivity contribution in [3.63, 3.8) is 0 Å². The highest BCUT2D eigenvalue weighted by atomic mass is 16.5. The lowest BCUT2D eigenvalue weighted by Crippen LogP contribution is -2.48. The van der Waals surface area contributed by atoms with E-state index in [0.29, 0.717) is 11.8 Å². The Kier molecular flexibility index (Phi) is 3.09. The van der Waals surface area contributed by atoms with Crippen LogP contribution in [0.5, 0.6) is 0 Å². The fourth-order valence-electron chi connectivity index (χ4n) is 3.40. The van der Waals surface area contributed by atoms with Crippen molar-refractivity contribution < 1.29 is 9.84 Å². The Balaban J connectivity index is 2.04. The zero-order chi connectivity index (χ0) is 12.0. The molecule has 0 radical (unpaired) electrons. The number of hydrogen-bond acceptors (Lipinski definition) is 2. The second-order valence-electron chi connectivity index (χ2n) is 6.72. The lowest BCUT2D eigenvalue weighted by molar-refractivity contribution is -0.169. The minimum atomic E-state index is -0.254. The van der Waals surface area contributed by atoms with Gasteiger partial charge in [-0.15, -0.1) is 0 Å². The maximum Gasteiger partial charge on any atom is 0.0948 e. The maximum atomic E-state index is 10.4. The van der Waals surface area contributed by atoms with Gasteiger partial charge in [0.15, 0.2) is 0 Å².